The Bertz CT molecular complexity index is 825. The third kappa shape index (κ3) is 2.21. The molecule has 1 aromatic carbocycles. The van der Waals surface area contributed by atoms with Gasteiger partial charge < -0.3 is 0 Å². The average Bonchev–Trinajstić information content (AvgIpc) is 2.76. The molecule has 1 N–H and O–H groups in total. The van der Waals surface area contributed by atoms with Gasteiger partial charge in [-0.2, -0.15) is 8.42 Å². The van der Waals surface area contributed by atoms with Crippen LogP contribution < -0.4 is 0 Å². The fraction of sp³-hybridized carbons (Fsp3) is 0.471. The first-order chi connectivity index (χ1) is 10.5. The van der Waals surface area contributed by atoms with E-state index >= 15 is 0 Å². The molecule has 124 valence electrons. The Morgan fingerprint density at radius 1 is 1.39 bits per heavy atom. The molecule has 2 unspecified atom stereocenters. The Hall–Kier alpha value is -1.17. The van der Waals surface area contributed by atoms with Gasteiger partial charge in [0, 0.05) is 5.41 Å². The monoisotopic (exact) mass is 354 g/mol. The lowest BCUT2D eigenvalue weighted by Crippen LogP contribution is -2.38. The highest BCUT2D eigenvalue weighted by Crippen LogP contribution is 2.66. The first kappa shape index (κ1) is 16.7. The minimum absolute atomic E-state index is 0.0283. The molecule has 0 aliphatic heterocycles. The number of carbonyl (C=O) groups is 1. The number of halogens is 1. The van der Waals surface area contributed by atoms with Gasteiger partial charge >= 0.3 is 0 Å². The van der Waals surface area contributed by atoms with Gasteiger partial charge in [-0.3, -0.25) is 9.35 Å². The SMILES string of the molecule is C=C1C(=O)C2(Cc3ccc(Cl)c(S(=O)(=O)O)c3)CCC1C2(C)C. The molecule has 2 atom stereocenters. The Morgan fingerprint density at radius 2 is 2.04 bits per heavy atom. The van der Waals surface area contributed by atoms with E-state index in [9.17, 15) is 17.8 Å². The summed E-state index contributed by atoms with van der Waals surface area (Å²) in [5.41, 5.74) is 0.599. The number of fused-ring (bicyclic) bond motifs is 2. The number of hydrogen-bond donors (Lipinski definition) is 1. The molecule has 3 rings (SSSR count). The minimum Gasteiger partial charge on any atom is -0.294 e. The molecule has 2 fully saturated rings. The van der Waals surface area contributed by atoms with Gasteiger partial charge in [0.2, 0.25) is 0 Å². The summed E-state index contributed by atoms with van der Waals surface area (Å²) in [7, 11) is -4.39. The van der Waals surface area contributed by atoms with Crippen LogP contribution in [0.25, 0.3) is 0 Å². The molecule has 4 nitrogen and oxygen atoms in total. The molecule has 0 aromatic heterocycles. The maximum atomic E-state index is 12.8. The normalized spacial score (nSPS) is 29.3. The van der Waals surface area contributed by atoms with E-state index in [0.717, 1.165) is 12.8 Å². The first-order valence-corrected chi connectivity index (χ1v) is 9.32. The standard InChI is InChI=1S/C17H19ClO4S/c1-10-12-6-7-17(15(10)19,16(12,2)3)9-11-4-5-13(18)14(8-11)23(20,21)22/h4-5,8,12H,1,6-7,9H2,2-3H3,(H,20,21,22). The van der Waals surface area contributed by atoms with Crippen molar-refractivity contribution in [2.24, 2.45) is 16.7 Å². The first-order valence-electron chi connectivity index (χ1n) is 7.50. The molecule has 0 amide bonds. The molecule has 6 heteroatoms. The van der Waals surface area contributed by atoms with Gasteiger partial charge in [0.1, 0.15) is 4.90 Å². The molecule has 2 saturated carbocycles. The molecule has 23 heavy (non-hydrogen) atoms. The molecule has 0 saturated heterocycles. The maximum Gasteiger partial charge on any atom is 0.296 e. The van der Waals surface area contributed by atoms with Crippen LogP contribution in [0, 0.1) is 16.7 Å². The van der Waals surface area contributed by atoms with Gasteiger partial charge in [-0.15, -0.1) is 0 Å². The molecule has 2 bridgehead atoms. The molecular weight excluding hydrogens is 336 g/mol. The van der Waals surface area contributed by atoms with Crippen molar-refractivity contribution in [1.82, 2.24) is 0 Å². The minimum atomic E-state index is -4.39. The molecule has 0 heterocycles. The summed E-state index contributed by atoms with van der Waals surface area (Å²) in [4.78, 5) is 12.4. The Balaban J connectivity index is 2.06. The highest BCUT2D eigenvalue weighted by molar-refractivity contribution is 7.86. The summed E-state index contributed by atoms with van der Waals surface area (Å²) in [5.74, 6) is 0.269. The van der Waals surface area contributed by atoms with Crippen LogP contribution in [0.3, 0.4) is 0 Å². The lowest BCUT2D eigenvalue weighted by Gasteiger charge is -2.36. The van der Waals surface area contributed by atoms with E-state index in [1.54, 1.807) is 6.07 Å². The van der Waals surface area contributed by atoms with Crippen molar-refractivity contribution in [2.75, 3.05) is 0 Å². The summed E-state index contributed by atoms with van der Waals surface area (Å²) in [6.07, 6.45) is 2.12. The zero-order valence-electron chi connectivity index (χ0n) is 13.1. The van der Waals surface area contributed by atoms with E-state index in [1.807, 2.05) is 0 Å². The molecule has 2 aliphatic carbocycles. The predicted octanol–water partition coefficient (Wildman–Crippen LogP) is 3.69. The Morgan fingerprint density at radius 3 is 2.57 bits per heavy atom. The summed E-state index contributed by atoms with van der Waals surface area (Å²) in [5, 5.41) is -0.0283. The van der Waals surface area contributed by atoms with Crippen LogP contribution in [0.4, 0.5) is 0 Å². The summed E-state index contributed by atoms with van der Waals surface area (Å²) in [6.45, 7) is 8.13. The second-order valence-corrected chi connectivity index (χ2v) is 8.96. The number of benzene rings is 1. The van der Waals surface area contributed by atoms with Crippen LogP contribution in [-0.2, 0) is 21.3 Å². The third-order valence-electron chi connectivity index (χ3n) is 5.89. The summed E-state index contributed by atoms with van der Waals surface area (Å²) in [6, 6.07) is 4.53. The van der Waals surface area contributed by atoms with Gasteiger partial charge in [0.15, 0.2) is 5.78 Å². The van der Waals surface area contributed by atoms with E-state index in [4.69, 9.17) is 11.6 Å². The van der Waals surface area contributed by atoms with Crippen molar-refractivity contribution in [3.8, 4) is 0 Å². The van der Waals surface area contributed by atoms with E-state index in [-0.39, 0.29) is 27.0 Å². The van der Waals surface area contributed by atoms with Crippen LogP contribution in [0.2, 0.25) is 5.02 Å². The van der Waals surface area contributed by atoms with Gasteiger partial charge in [-0.05, 0) is 53.9 Å². The number of Topliss-reactive ketones (excluding diaryl/α,β-unsaturated/α-hetero) is 1. The maximum absolute atomic E-state index is 12.8. The Labute approximate surface area is 141 Å². The van der Waals surface area contributed by atoms with Gasteiger partial charge in [0.25, 0.3) is 10.1 Å². The number of rotatable bonds is 3. The zero-order valence-corrected chi connectivity index (χ0v) is 14.7. The van der Waals surface area contributed by atoms with Crippen LogP contribution in [0.15, 0.2) is 35.2 Å². The van der Waals surface area contributed by atoms with E-state index < -0.39 is 15.5 Å². The van der Waals surface area contributed by atoms with E-state index in [0.29, 0.717) is 17.6 Å². The van der Waals surface area contributed by atoms with E-state index in [2.05, 4.69) is 20.4 Å². The highest BCUT2D eigenvalue weighted by Gasteiger charge is 2.65. The smallest absolute Gasteiger partial charge is 0.294 e. The average molecular weight is 355 g/mol. The van der Waals surface area contributed by atoms with Crippen molar-refractivity contribution in [3.63, 3.8) is 0 Å². The molecule has 0 radical (unpaired) electrons. The van der Waals surface area contributed by atoms with Crippen molar-refractivity contribution in [3.05, 3.63) is 40.9 Å². The topological polar surface area (TPSA) is 71.4 Å². The lowest BCUT2D eigenvalue weighted by atomic mass is 9.66. The quantitative estimate of drug-likeness (QED) is 0.663. The second-order valence-electron chi connectivity index (χ2n) is 7.17. The van der Waals surface area contributed by atoms with Crippen molar-refractivity contribution in [1.29, 1.82) is 0 Å². The van der Waals surface area contributed by atoms with E-state index in [1.165, 1.54) is 12.1 Å². The number of hydrogen-bond acceptors (Lipinski definition) is 3. The van der Waals surface area contributed by atoms with Crippen LogP contribution in [-0.4, -0.2) is 18.8 Å². The third-order valence-corrected chi connectivity index (χ3v) is 7.23. The summed E-state index contributed by atoms with van der Waals surface area (Å²) >= 11 is 5.86. The van der Waals surface area contributed by atoms with Gasteiger partial charge in [-0.1, -0.05) is 38.1 Å². The number of ketones is 1. The van der Waals surface area contributed by atoms with Crippen molar-refractivity contribution < 1.29 is 17.8 Å². The molecule has 2 aliphatic rings. The highest BCUT2D eigenvalue weighted by atomic mass is 35.5. The number of allylic oxidation sites excluding steroid dienone is 1. The summed E-state index contributed by atoms with van der Waals surface area (Å²) < 4.78 is 32.2. The van der Waals surface area contributed by atoms with Crippen molar-refractivity contribution in [2.45, 2.75) is 38.0 Å². The molecule has 0 spiro atoms. The predicted molar refractivity (Wildman–Crippen MR) is 88.1 cm³/mol. The number of carbonyl (C=O) groups excluding carboxylic acids is 1. The largest absolute Gasteiger partial charge is 0.296 e. The second kappa shape index (κ2) is 4.91. The van der Waals surface area contributed by atoms with Crippen LogP contribution in [0.5, 0.6) is 0 Å². The zero-order chi connectivity index (χ0) is 17.2. The van der Waals surface area contributed by atoms with Crippen LogP contribution in [0.1, 0.15) is 32.3 Å². The lowest BCUT2D eigenvalue weighted by molar-refractivity contribution is -0.126. The van der Waals surface area contributed by atoms with Gasteiger partial charge in [-0.25, -0.2) is 0 Å². The van der Waals surface area contributed by atoms with Crippen LogP contribution >= 0.6 is 11.6 Å². The van der Waals surface area contributed by atoms with Gasteiger partial charge in [0.05, 0.1) is 5.02 Å². The van der Waals surface area contributed by atoms with Crippen molar-refractivity contribution >= 4 is 27.5 Å². The fourth-order valence-electron chi connectivity index (χ4n) is 4.49. The fourth-order valence-corrected chi connectivity index (χ4v) is 5.51. The molecule has 1 aromatic rings. The molecular formula is C17H19ClO4S. The Kier molecular flexibility index (Phi) is 3.56.